The number of ether oxygens (including phenoxy) is 1. The van der Waals surface area contributed by atoms with Crippen LogP contribution in [-0.4, -0.2) is 24.5 Å². The summed E-state index contributed by atoms with van der Waals surface area (Å²) in [5.74, 6) is -0.146. The first-order valence-corrected chi connectivity index (χ1v) is 6.74. The Morgan fingerprint density at radius 1 is 1.32 bits per heavy atom. The maximum absolute atomic E-state index is 11.7. The van der Waals surface area contributed by atoms with Crippen LogP contribution in [0.3, 0.4) is 0 Å². The molecular weight excluding hydrogens is 242 g/mol. The van der Waals surface area contributed by atoms with Crippen LogP contribution in [0, 0.1) is 0 Å². The average Bonchev–Trinajstić information content (AvgIpc) is 2.63. The van der Waals surface area contributed by atoms with Gasteiger partial charge < -0.3 is 10.1 Å². The predicted molar refractivity (Wildman–Crippen MR) is 71.5 cm³/mol. The van der Waals surface area contributed by atoms with Crippen molar-refractivity contribution in [2.45, 2.75) is 38.2 Å². The van der Waals surface area contributed by atoms with E-state index in [1.165, 1.54) is 0 Å². The fourth-order valence-electron chi connectivity index (χ4n) is 2.14. The molecule has 0 unspecified atom stereocenters. The summed E-state index contributed by atoms with van der Waals surface area (Å²) in [5, 5.41) is 2.76. The highest BCUT2D eigenvalue weighted by Gasteiger charge is 2.19. The van der Waals surface area contributed by atoms with Gasteiger partial charge >= 0.3 is 5.97 Å². The van der Waals surface area contributed by atoms with Crippen LogP contribution in [0.1, 0.15) is 31.2 Å². The van der Waals surface area contributed by atoms with Gasteiger partial charge in [-0.1, -0.05) is 30.3 Å². The molecule has 0 spiro atoms. The van der Waals surface area contributed by atoms with Crippen molar-refractivity contribution in [2.24, 2.45) is 0 Å². The number of hydrogen-bond donors (Lipinski definition) is 1. The zero-order valence-electron chi connectivity index (χ0n) is 10.9. The van der Waals surface area contributed by atoms with Crippen molar-refractivity contribution in [1.82, 2.24) is 5.32 Å². The molecule has 1 aromatic rings. The summed E-state index contributed by atoms with van der Waals surface area (Å²) in [5.41, 5.74) is 1.13. The molecule has 0 saturated carbocycles. The van der Waals surface area contributed by atoms with Gasteiger partial charge in [-0.25, -0.2) is 0 Å². The molecule has 1 aromatic carbocycles. The Kier molecular flexibility index (Phi) is 4.95. The standard InChI is InChI=1S/C15H19NO3/c17-14-8-4-7-13(11-16-14)19-15(18)10-9-12-5-2-1-3-6-12/h1-3,5-6,13H,4,7-11H2,(H,16,17)/t13-/m1/s1. The number of rotatable bonds is 4. The van der Waals surface area contributed by atoms with Crippen LogP contribution in [-0.2, 0) is 20.7 Å². The van der Waals surface area contributed by atoms with Crippen molar-refractivity contribution < 1.29 is 14.3 Å². The molecule has 4 heteroatoms. The van der Waals surface area contributed by atoms with Gasteiger partial charge in [0.1, 0.15) is 6.10 Å². The number of aryl methyl sites for hydroxylation is 1. The van der Waals surface area contributed by atoms with Crippen LogP contribution >= 0.6 is 0 Å². The highest BCUT2D eigenvalue weighted by molar-refractivity contribution is 5.76. The second-order valence-electron chi connectivity index (χ2n) is 4.79. The van der Waals surface area contributed by atoms with Crippen molar-refractivity contribution in [3.8, 4) is 0 Å². The van der Waals surface area contributed by atoms with E-state index in [4.69, 9.17) is 4.74 Å². The SMILES string of the molecule is O=C1CCC[C@@H](OC(=O)CCc2ccccc2)CN1. The number of nitrogens with one attached hydrogen (secondary N) is 1. The highest BCUT2D eigenvalue weighted by atomic mass is 16.5. The van der Waals surface area contributed by atoms with Gasteiger partial charge in [0.15, 0.2) is 0 Å². The maximum Gasteiger partial charge on any atom is 0.306 e. The normalized spacial score (nSPS) is 19.4. The van der Waals surface area contributed by atoms with Crippen molar-refractivity contribution in [2.75, 3.05) is 6.54 Å². The fourth-order valence-corrected chi connectivity index (χ4v) is 2.14. The number of carbonyl (C=O) groups excluding carboxylic acids is 2. The Balaban J connectivity index is 1.73. The topological polar surface area (TPSA) is 55.4 Å². The molecule has 102 valence electrons. The summed E-state index contributed by atoms with van der Waals surface area (Å²) < 4.78 is 5.39. The fraction of sp³-hybridized carbons (Fsp3) is 0.467. The van der Waals surface area contributed by atoms with Crippen LogP contribution < -0.4 is 5.32 Å². The molecule has 0 aliphatic carbocycles. The van der Waals surface area contributed by atoms with E-state index in [0.717, 1.165) is 18.4 Å². The zero-order valence-corrected chi connectivity index (χ0v) is 10.9. The van der Waals surface area contributed by atoms with E-state index >= 15 is 0 Å². The molecule has 4 nitrogen and oxygen atoms in total. The van der Waals surface area contributed by atoms with Gasteiger partial charge in [0.05, 0.1) is 6.54 Å². The van der Waals surface area contributed by atoms with Crippen LogP contribution in [0.5, 0.6) is 0 Å². The van der Waals surface area contributed by atoms with Crippen LogP contribution in [0.2, 0.25) is 0 Å². The molecular formula is C15H19NO3. The Bertz CT molecular complexity index is 430. The summed E-state index contributed by atoms with van der Waals surface area (Å²) >= 11 is 0. The third-order valence-electron chi connectivity index (χ3n) is 3.22. The number of esters is 1. The number of hydrogen-bond acceptors (Lipinski definition) is 3. The van der Waals surface area contributed by atoms with E-state index in [-0.39, 0.29) is 18.0 Å². The Morgan fingerprint density at radius 3 is 2.89 bits per heavy atom. The molecule has 0 aromatic heterocycles. The van der Waals surface area contributed by atoms with Gasteiger partial charge in [0.2, 0.25) is 5.91 Å². The van der Waals surface area contributed by atoms with Gasteiger partial charge in [-0.05, 0) is 24.8 Å². The molecule has 1 aliphatic rings. The Hall–Kier alpha value is -1.84. The number of carbonyl (C=O) groups is 2. The van der Waals surface area contributed by atoms with E-state index in [0.29, 0.717) is 25.8 Å². The monoisotopic (exact) mass is 261 g/mol. The first-order valence-electron chi connectivity index (χ1n) is 6.74. The minimum atomic E-state index is -0.190. The van der Waals surface area contributed by atoms with Crippen molar-refractivity contribution in [3.63, 3.8) is 0 Å². The lowest BCUT2D eigenvalue weighted by Crippen LogP contribution is -2.31. The van der Waals surface area contributed by atoms with Crippen molar-refractivity contribution in [3.05, 3.63) is 35.9 Å². The highest BCUT2D eigenvalue weighted by Crippen LogP contribution is 2.10. The maximum atomic E-state index is 11.7. The van der Waals surface area contributed by atoms with Crippen molar-refractivity contribution in [1.29, 1.82) is 0 Å². The average molecular weight is 261 g/mol. The third kappa shape index (κ3) is 4.73. The first kappa shape index (κ1) is 13.6. The Morgan fingerprint density at radius 2 is 2.11 bits per heavy atom. The largest absolute Gasteiger partial charge is 0.460 e. The summed E-state index contributed by atoms with van der Waals surface area (Å²) in [7, 11) is 0. The van der Waals surface area contributed by atoms with Gasteiger partial charge in [-0.2, -0.15) is 0 Å². The number of benzene rings is 1. The quantitative estimate of drug-likeness (QED) is 0.841. The molecule has 1 N–H and O–H groups in total. The second kappa shape index (κ2) is 6.92. The minimum absolute atomic E-state index is 0.0443. The van der Waals surface area contributed by atoms with E-state index in [1.807, 2.05) is 30.3 Å². The summed E-state index contributed by atoms with van der Waals surface area (Å²) in [6.45, 7) is 0.440. The minimum Gasteiger partial charge on any atom is -0.460 e. The smallest absolute Gasteiger partial charge is 0.306 e. The molecule has 1 fully saturated rings. The zero-order chi connectivity index (χ0) is 13.5. The molecule has 1 amide bonds. The summed E-state index contributed by atoms with van der Waals surface area (Å²) in [4.78, 5) is 22.9. The van der Waals surface area contributed by atoms with Crippen LogP contribution in [0.4, 0.5) is 0 Å². The molecule has 0 radical (unpaired) electrons. The lowest BCUT2D eigenvalue weighted by atomic mass is 10.1. The van der Waals surface area contributed by atoms with Crippen LogP contribution in [0.25, 0.3) is 0 Å². The molecule has 1 saturated heterocycles. The van der Waals surface area contributed by atoms with E-state index in [1.54, 1.807) is 0 Å². The lowest BCUT2D eigenvalue weighted by molar-refractivity contribution is -0.149. The molecule has 1 heterocycles. The van der Waals surface area contributed by atoms with Gasteiger partial charge in [-0.3, -0.25) is 9.59 Å². The molecule has 0 bridgehead atoms. The first-order chi connectivity index (χ1) is 9.24. The Labute approximate surface area is 113 Å². The molecule has 1 aliphatic heterocycles. The third-order valence-corrected chi connectivity index (χ3v) is 3.22. The number of amides is 1. The second-order valence-corrected chi connectivity index (χ2v) is 4.79. The van der Waals surface area contributed by atoms with Crippen molar-refractivity contribution >= 4 is 11.9 Å². The molecule has 19 heavy (non-hydrogen) atoms. The summed E-state index contributed by atoms with van der Waals surface area (Å²) in [6, 6.07) is 9.87. The van der Waals surface area contributed by atoms with E-state index in [9.17, 15) is 9.59 Å². The van der Waals surface area contributed by atoms with Crippen LogP contribution in [0.15, 0.2) is 30.3 Å². The van der Waals surface area contributed by atoms with E-state index in [2.05, 4.69) is 5.32 Å². The van der Waals surface area contributed by atoms with Gasteiger partial charge in [0, 0.05) is 12.8 Å². The lowest BCUT2D eigenvalue weighted by Gasteiger charge is -2.15. The van der Waals surface area contributed by atoms with Gasteiger partial charge in [0.25, 0.3) is 0 Å². The molecule has 1 atom stereocenters. The van der Waals surface area contributed by atoms with Gasteiger partial charge in [-0.15, -0.1) is 0 Å². The summed E-state index contributed by atoms with van der Waals surface area (Å²) in [6.07, 6.45) is 2.97. The molecule has 2 rings (SSSR count). The predicted octanol–water partition coefficient (Wildman–Crippen LogP) is 1.83. The van der Waals surface area contributed by atoms with E-state index < -0.39 is 0 Å².